The zero-order valence-electron chi connectivity index (χ0n) is 25.9. The highest BCUT2D eigenvalue weighted by Crippen LogP contribution is 2.51. The van der Waals surface area contributed by atoms with Crippen molar-refractivity contribution in [2.75, 3.05) is 11.9 Å². The van der Waals surface area contributed by atoms with Crippen LogP contribution in [0.15, 0.2) is 158 Å². The zero-order chi connectivity index (χ0) is 31.1. The molecule has 0 N–H and O–H groups in total. The maximum atomic E-state index is 5.28. The maximum absolute atomic E-state index is 5.28. The van der Waals surface area contributed by atoms with Crippen molar-refractivity contribution in [2.45, 2.75) is 0 Å². The van der Waals surface area contributed by atoms with E-state index >= 15 is 0 Å². The highest BCUT2D eigenvalue weighted by molar-refractivity contribution is 6.23. The van der Waals surface area contributed by atoms with Crippen LogP contribution in [0.5, 0.6) is 0 Å². The fraction of sp³-hybridized carbons (Fsp3) is 0.0227. The minimum Gasteiger partial charge on any atom is -0.341 e. The summed E-state index contributed by atoms with van der Waals surface area (Å²) in [6, 6.07) is 57.0. The number of nitrogens with zero attached hydrogens (tertiary/aromatic N) is 3. The Labute approximate surface area is 272 Å². The lowest BCUT2D eigenvalue weighted by atomic mass is 9.85. The number of hydrogen-bond acceptors (Lipinski definition) is 2. The predicted molar refractivity (Wildman–Crippen MR) is 198 cm³/mol. The molecule has 1 aliphatic rings. The Hall–Kier alpha value is -6.19. The second kappa shape index (κ2) is 9.90. The molecule has 220 valence electrons. The predicted octanol–water partition coefficient (Wildman–Crippen LogP) is 11.6. The van der Waals surface area contributed by atoms with Crippen LogP contribution in [-0.2, 0) is 0 Å². The van der Waals surface area contributed by atoms with Gasteiger partial charge in [-0.25, -0.2) is 4.98 Å². The molecule has 0 bridgehead atoms. The molecule has 3 nitrogen and oxygen atoms in total. The van der Waals surface area contributed by atoms with Gasteiger partial charge in [-0.05, 0) is 73.3 Å². The lowest BCUT2D eigenvalue weighted by Gasteiger charge is -2.32. The third kappa shape index (κ3) is 3.71. The molecule has 2 heterocycles. The van der Waals surface area contributed by atoms with E-state index in [1.54, 1.807) is 0 Å². The zero-order valence-corrected chi connectivity index (χ0v) is 25.9. The molecule has 47 heavy (non-hydrogen) atoms. The van der Waals surface area contributed by atoms with E-state index in [1.165, 1.54) is 60.3 Å². The third-order valence-corrected chi connectivity index (χ3v) is 9.88. The number of para-hydroxylation sites is 2. The van der Waals surface area contributed by atoms with Crippen molar-refractivity contribution in [3.05, 3.63) is 158 Å². The van der Waals surface area contributed by atoms with Crippen LogP contribution in [0, 0.1) is 0 Å². The average molecular weight is 600 g/mol. The Balaban J connectivity index is 1.31. The standard InChI is InChI=1S/C44H29N3/c1-46-38-23-12-22-37-43(38)47(44(45-37)31-26-25-28-13-5-6-16-30(28)27-31)39-24-11-21-36(42(39)46)41-34-19-9-7-17-32(34)40(29-14-3-2-4-15-29)33-18-8-10-20-35(33)41/h2-27H,1H3. The molecule has 0 radical (unpaired) electrons. The fourth-order valence-electron chi connectivity index (χ4n) is 7.86. The van der Waals surface area contributed by atoms with E-state index in [0.717, 1.165) is 33.8 Å². The molecule has 0 unspecified atom stereocenters. The number of rotatable bonds is 3. The maximum Gasteiger partial charge on any atom is 0.145 e. The third-order valence-electron chi connectivity index (χ3n) is 9.88. The molecule has 0 fully saturated rings. The van der Waals surface area contributed by atoms with E-state index < -0.39 is 0 Å². The second-order valence-electron chi connectivity index (χ2n) is 12.4. The van der Waals surface area contributed by atoms with E-state index in [9.17, 15) is 0 Å². The number of fused-ring (bicyclic) bond motifs is 5. The second-order valence-corrected chi connectivity index (χ2v) is 12.4. The first-order chi connectivity index (χ1) is 23.3. The van der Waals surface area contributed by atoms with Crippen molar-refractivity contribution in [1.82, 2.24) is 9.55 Å². The van der Waals surface area contributed by atoms with Gasteiger partial charge in [0.2, 0.25) is 0 Å². The van der Waals surface area contributed by atoms with Crippen LogP contribution < -0.4 is 4.90 Å². The summed E-state index contributed by atoms with van der Waals surface area (Å²) in [6.07, 6.45) is 0. The van der Waals surface area contributed by atoms with Crippen LogP contribution in [0.4, 0.5) is 11.4 Å². The average Bonchev–Trinajstić information content (AvgIpc) is 3.53. The van der Waals surface area contributed by atoms with Gasteiger partial charge >= 0.3 is 0 Å². The molecule has 9 aromatic rings. The highest BCUT2D eigenvalue weighted by atomic mass is 15.2. The Morgan fingerprint density at radius 3 is 1.83 bits per heavy atom. The van der Waals surface area contributed by atoms with Crippen molar-refractivity contribution in [3.63, 3.8) is 0 Å². The minimum atomic E-state index is 0.957. The molecule has 0 saturated carbocycles. The van der Waals surface area contributed by atoms with Crippen molar-refractivity contribution in [1.29, 1.82) is 0 Å². The normalized spacial score (nSPS) is 12.3. The van der Waals surface area contributed by atoms with Gasteiger partial charge in [-0.15, -0.1) is 0 Å². The number of imidazole rings is 1. The molecule has 0 aliphatic carbocycles. The first-order valence-electron chi connectivity index (χ1n) is 16.1. The molecule has 10 rings (SSSR count). The molecule has 0 atom stereocenters. The highest BCUT2D eigenvalue weighted by Gasteiger charge is 2.30. The number of aromatic nitrogens is 2. The monoisotopic (exact) mass is 599 g/mol. The van der Waals surface area contributed by atoms with E-state index in [-0.39, 0.29) is 0 Å². The Morgan fingerprint density at radius 1 is 0.468 bits per heavy atom. The van der Waals surface area contributed by atoms with Crippen molar-refractivity contribution < 1.29 is 0 Å². The van der Waals surface area contributed by atoms with Crippen LogP contribution in [0.25, 0.3) is 82.7 Å². The fourth-order valence-corrected chi connectivity index (χ4v) is 7.86. The molecule has 0 saturated heterocycles. The van der Waals surface area contributed by atoms with Gasteiger partial charge in [0.25, 0.3) is 0 Å². The summed E-state index contributed by atoms with van der Waals surface area (Å²) in [5.41, 5.74) is 11.7. The first-order valence-corrected chi connectivity index (χ1v) is 16.1. The minimum absolute atomic E-state index is 0.957. The first kappa shape index (κ1) is 26.1. The van der Waals surface area contributed by atoms with Crippen LogP contribution in [0.1, 0.15) is 0 Å². The summed E-state index contributed by atoms with van der Waals surface area (Å²) in [5.74, 6) is 0.957. The van der Waals surface area contributed by atoms with Crippen LogP contribution >= 0.6 is 0 Å². The molecule has 8 aromatic carbocycles. The lowest BCUT2D eigenvalue weighted by Crippen LogP contribution is -2.19. The van der Waals surface area contributed by atoms with E-state index in [2.05, 4.69) is 174 Å². The molecule has 1 aromatic heterocycles. The van der Waals surface area contributed by atoms with E-state index in [0.29, 0.717) is 0 Å². The van der Waals surface area contributed by atoms with Gasteiger partial charge in [0.1, 0.15) is 5.82 Å². The topological polar surface area (TPSA) is 21.1 Å². The van der Waals surface area contributed by atoms with Crippen LogP contribution in [0.2, 0.25) is 0 Å². The number of anilines is 2. The van der Waals surface area contributed by atoms with Gasteiger partial charge in [-0.1, -0.05) is 133 Å². The van der Waals surface area contributed by atoms with Crippen LogP contribution in [0.3, 0.4) is 0 Å². The molecular weight excluding hydrogens is 571 g/mol. The summed E-state index contributed by atoms with van der Waals surface area (Å²) < 4.78 is 2.39. The van der Waals surface area contributed by atoms with Gasteiger partial charge < -0.3 is 4.90 Å². The number of benzene rings is 8. The quantitative estimate of drug-likeness (QED) is 0.188. The summed E-state index contributed by atoms with van der Waals surface area (Å²) in [7, 11) is 2.20. The molecule has 3 heteroatoms. The lowest BCUT2D eigenvalue weighted by molar-refractivity contribution is 1.05. The van der Waals surface area contributed by atoms with E-state index in [1.807, 2.05) is 0 Å². The van der Waals surface area contributed by atoms with Crippen LogP contribution in [-0.4, -0.2) is 16.6 Å². The Kier molecular flexibility index (Phi) is 5.49. The summed E-state index contributed by atoms with van der Waals surface area (Å²) >= 11 is 0. The molecular formula is C44H29N3. The number of hydrogen-bond donors (Lipinski definition) is 0. The molecule has 1 aliphatic heterocycles. The van der Waals surface area contributed by atoms with Gasteiger partial charge in [0, 0.05) is 18.2 Å². The largest absolute Gasteiger partial charge is 0.341 e. The molecule has 0 spiro atoms. The summed E-state index contributed by atoms with van der Waals surface area (Å²) in [4.78, 5) is 7.65. The smallest absolute Gasteiger partial charge is 0.145 e. The summed E-state index contributed by atoms with van der Waals surface area (Å²) in [6.45, 7) is 0. The SMILES string of the molecule is CN1c2c(-c3c4ccccc4c(-c4ccccc4)c4ccccc34)cccc2-n2c(-c3ccc4ccccc4c3)nc3cccc1c32. The van der Waals surface area contributed by atoms with Gasteiger partial charge in [0.05, 0.1) is 28.1 Å². The summed E-state index contributed by atoms with van der Waals surface area (Å²) in [5, 5.41) is 7.44. The van der Waals surface area contributed by atoms with E-state index in [4.69, 9.17) is 4.98 Å². The van der Waals surface area contributed by atoms with Gasteiger partial charge in [0.15, 0.2) is 0 Å². The van der Waals surface area contributed by atoms with Crippen molar-refractivity contribution >= 4 is 54.7 Å². The Bertz CT molecular complexity index is 2640. The Morgan fingerprint density at radius 2 is 1.09 bits per heavy atom. The van der Waals surface area contributed by atoms with Crippen molar-refractivity contribution in [2.24, 2.45) is 0 Å². The van der Waals surface area contributed by atoms with Gasteiger partial charge in [-0.2, -0.15) is 0 Å². The van der Waals surface area contributed by atoms with Gasteiger partial charge in [-0.3, -0.25) is 4.57 Å². The molecule has 0 amide bonds. The van der Waals surface area contributed by atoms with Crippen molar-refractivity contribution in [3.8, 4) is 39.3 Å².